The van der Waals surface area contributed by atoms with Crippen LogP contribution in [0, 0.1) is 0 Å². The Morgan fingerprint density at radius 3 is 2.40 bits per heavy atom. The molecule has 0 unspecified atom stereocenters. The third-order valence-electron chi connectivity index (χ3n) is 1.19. The average Bonchev–Trinajstić information content (AvgIpc) is 1.98. The van der Waals surface area contributed by atoms with Gasteiger partial charge in [0, 0.05) is 0 Å². The first kappa shape index (κ1) is 9.02. The second-order valence-corrected chi connectivity index (χ2v) is 1.93. The van der Waals surface area contributed by atoms with Crippen molar-refractivity contribution >= 4 is 7.28 Å². The van der Waals surface area contributed by atoms with Crippen LogP contribution in [0.15, 0.2) is 49.0 Å². The van der Waals surface area contributed by atoms with Crippen LogP contribution in [-0.2, 0) is 0 Å². The summed E-state index contributed by atoms with van der Waals surface area (Å²) in [6, 6.07) is 0. The predicted octanol–water partition coefficient (Wildman–Crippen LogP) is 2.28. The van der Waals surface area contributed by atoms with Gasteiger partial charge in [0.05, 0.1) is 0 Å². The molecule has 0 spiro atoms. The average molecular weight is 132 g/mol. The molecule has 0 aliphatic heterocycles. The van der Waals surface area contributed by atoms with Gasteiger partial charge < -0.3 is 0 Å². The Balaban J connectivity index is 4.06. The largest absolute Gasteiger partial charge is 0.154 e. The van der Waals surface area contributed by atoms with E-state index >= 15 is 0 Å². The van der Waals surface area contributed by atoms with E-state index in [2.05, 4.69) is 20.0 Å². The third kappa shape index (κ3) is 3.96. The first-order valence-corrected chi connectivity index (χ1v) is 3.45. The number of rotatable bonds is 4. The molecule has 0 saturated heterocycles. The van der Waals surface area contributed by atoms with Crippen LogP contribution in [-0.4, -0.2) is 7.28 Å². The van der Waals surface area contributed by atoms with Crippen molar-refractivity contribution in [3.63, 3.8) is 0 Å². The topological polar surface area (TPSA) is 0 Å². The van der Waals surface area contributed by atoms with E-state index in [9.17, 15) is 0 Å². The fraction of sp³-hybridized carbons (Fsp3) is 0.111. The summed E-state index contributed by atoms with van der Waals surface area (Å²) in [4.78, 5) is 0. The van der Waals surface area contributed by atoms with Gasteiger partial charge in [-0.25, -0.2) is 0 Å². The molecular formula is C9H13B. The molecule has 0 aliphatic carbocycles. The van der Waals surface area contributed by atoms with E-state index < -0.39 is 0 Å². The van der Waals surface area contributed by atoms with E-state index in [1.54, 1.807) is 12.2 Å². The van der Waals surface area contributed by atoms with Crippen molar-refractivity contribution in [2.45, 2.75) is 6.82 Å². The predicted molar refractivity (Wildman–Crippen MR) is 50.6 cm³/mol. The molecule has 0 rings (SSSR count). The Kier molecular flexibility index (Phi) is 5.55. The minimum Gasteiger partial charge on any atom is -0.0991 e. The molecule has 0 fully saturated rings. The van der Waals surface area contributed by atoms with Gasteiger partial charge in [-0.3, -0.25) is 0 Å². The van der Waals surface area contributed by atoms with Crippen molar-refractivity contribution in [1.82, 2.24) is 0 Å². The van der Waals surface area contributed by atoms with E-state index in [0.29, 0.717) is 0 Å². The molecule has 0 aliphatic rings. The van der Waals surface area contributed by atoms with Crippen LogP contribution in [0.4, 0.5) is 0 Å². The van der Waals surface area contributed by atoms with Gasteiger partial charge in [-0.2, -0.15) is 0 Å². The quantitative estimate of drug-likeness (QED) is 0.406. The Hall–Kier alpha value is -0.975. The number of allylic oxidation sites excluding steroid dienone is 6. The van der Waals surface area contributed by atoms with Crippen LogP contribution in [0.25, 0.3) is 0 Å². The van der Waals surface area contributed by atoms with Crippen molar-refractivity contribution in [1.29, 1.82) is 0 Å². The molecule has 0 aromatic heterocycles. The first-order valence-electron chi connectivity index (χ1n) is 3.45. The molecule has 0 amide bonds. The van der Waals surface area contributed by atoms with Gasteiger partial charge in [-0.05, 0) is 0 Å². The maximum absolute atomic E-state index is 3.62. The van der Waals surface area contributed by atoms with Crippen molar-refractivity contribution in [2.24, 2.45) is 0 Å². The molecule has 0 nitrogen and oxygen atoms in total. The number of hydrogen-bond acceptors (Lipinski definition) is 0. The lowest BCUT2D eigenvalue weighted by atomic mass is 9.72. The van der Waals surface area contributed by atoms with Crippen LogP contribution in [0.1, 0.15) is 0 Å². The molecule has 0 N–H and O–H groups in total. The first-order chi connectivity index (χ1) is 4.85. The molecule has 0 saturated carbocycles. The maximum atomic E-state index is 3.62. The Morgan fingerprint density at radius 1 is 1.30 bits per heavy atom. The summed E-state index contributed by atoms with van der Waals surface area (Å²) in [6.45, 7) is 9.32. The zero-order valence-corrected chi connectivity index (χ0v) is 6.51. The zero-order chi connectivity index (χ0) is 7.82. The molecule has 10 heavy (non-hydrogen) atoms. The highest BCUT2D eigenvalue weighted by Gasteiger charge is 1.84. The van der Waals surface area contributed by atoms with Crippen LogP contribution in [0.3, 0.4) is 0 Å². The van der Waals surface area contributed by atoms with Crippen LogP contribution in [0.5, 0.6) is 0 Å². The highest BCUT2D eigenvalue weighted by Crippen LogP contribution is 1.94. The second kappa shape index (κ2) is 6.15. The fourth-order valence-electron chi connectivity index (χ4n) is 0.634. The molecule has 52 valence electrons. The van der Waals surface area contributed by atoms with Crippen LogP contribution < -0.4 is 0 Å². The third-order valence-corrected chi connectivity index (χ3v) is 1.19. The summed E-state index contributed by atoms with van der Waals surface area (Å²) in [5.41, 5.74) is 1.27. The molecule has 0 heterocycles. The normalized spacial score (nSPS) is 11.5. The molecular weight excluding hydrogens is 119 g/mol. The second-order valence-electron chi connectivity index (χ2n) is 1.93. The van der Waals surface area contributed by atoms with Crippen molar-refractivity contribution in [3.8, 4) is 0 Å². The summed E-state index contributed by atoms with van der Waals surface area (Å²) in [5.74, 6) is 0. The molecule has 0 bridgehead atoms. The molecule has 1 heteroatoms. The Labute approximate surface area is 63.9 Å². The van der Waals surface area contributed by atoms with Gasteiger partial charge in [0.1, 0.15) is 0 Å². The molecule has 0 aromatic rings. The lowest BCUT2D eigenvalue weighted by Crippen LogP contribution is -1.84. The summed E-state index contributed by atoms with van der Waals surface area (Å²) in [6.07, 6.45) is 9.53. The smallest absolute Gasteiger partial charge is 0.0991 e. The van der Waals surface area contributed by atoms with Crippen molar-refractivity contribution in [3.05, 3.63) is 49.0 Å². The minimum absolute atomic E-state index is 1.04. The van der Waals surface area contributed by atoms with Gasteiger partial charge in [0.15, 0.2) is 7.28 Å². The minimum atomic E-state index is 1.04. The summed E-state index contributed by atoms with van der Waals surface area (Å²) in [7, 11) is 1.04. The van der Waals surface area contributed by atoms with E-state index in [1.807, 2.05) is 18.2 Å². The summed E-state index contributed by atoms with van der Waals surface area (Å²) >= 11 is 0. The summed E-state index contributed by atoms with van der Waals surface area (Å²) < 4.78 is 0. The van der Waals surface area contributed by atoms with Gasteiger partial charge >= 0.3 is 0 Å². The highest BCUT2D eigenvalue weighted by molar-refractivity contribution is 6.44. The monoisotopic (exact) mass is 132 g/mol. The fourth-order valence-corrected chi connectivity index (χ4v) is 0.634. The molecule has 0 radical (unpaired) electrons. The Bertz CT molecular complexity index is 164. The SMILES string of the molecule is C=C/C=C\C(BC)=C/C=C. The van der Waals surface area contributed by atoms with Gasteiger partial charge in [0.25, 0.3) is 0 Å². The van der Waals surface area contributed by atoms with E-state index in [-0.39, 0.29) is 0 Å². The van der Waals surface area contributed by atoms with E-state index in [4.69, 9.17) is 0 Å². The lowest BCUT2D eigenvalue weighted by Gasteiger charge is -1.89. The van der Waals surface area contributed by atoms with Gasteiger partial charge in [-0.15, -0.1) is 0 Å². The van der Waals surface area contributed by atoms with E-state index in [1.165, 1.54) is 5.47 Å². The number of hydrogen-bond donors (Lipinski definition) is 0. The Morgan fingerprint density at radius 2 is 2.00 bits per heavy atom. The van der Waals surface area contributed by atoms with Gasteiger partial charge in [-0.1, -0.05) is 55.8 Å². The maximum Gasteiger partial charge on any atom is 0.154 e. The lowest BCUT2D eigenvalue weighted by molar-refractivity contribution is 1.81. The summed E-state index contributed by atoms with van der Waals surface area (Å²) in [5, 5.41) is 0. The molecule has 0 aromatic carbocycles. The standard InChI is InChI=1S/C9H13B/c1-4-6-8-9(10-3)7-5-2/h4-8,10H,1-2H2,3H3/b8-6-,9-7+. The van der Waals surface area contributed by atoms with Crippen LogP contribution in [0.2, 0.25) is 6.82 Å². The van der Waals surface area contributed by atoms with Crippen LogP contribution >= 0.6 is 0 Å². The van der Waals surface area contributed by atoms with Gasteiger partial charge in [0.2, 0.25) is 0 Å². The molecule has 0 atom stereocenters. The highest BCUT2D eigenvalue weighted by atomic mass is 13.7. The zero-order valence-electron chi connectivity index (χ0n) is 6.51. The van der Waals surface area contributed by atoms with E-state index in [0.717, 1.165) is 7.28 Å². The van der Waals surface area contributed by atoms with Crippen molar-refractivity contribution < 1.29 is 0 Å². The van der Waals surface area contributed by atoms with Crippen molar-refractivity contribution in [2.75, 3.05) is 0 Å².